The van der Waals surface area contributed by atoms with E-state index in [1.807, 2.05) is 4.90 Å². The van der Waals surface area contributed by atoms with E-state index in [1.165, 1.54) is 11.3 Å². The Morgan fingerprint density at radius 1 is 1.35 bits per heavy atom. The van der Waals surface area contributed by atoms with Gasteiger partial charge < -0.3 is 20.1 Å². The van der Waals surface area contributed by atoms with Crippen LogP contribution in [-0.4, -0.2) is 54.7 Å². The third-order valence-electron chi connectivity index (χ3n) is 3.05. The van der Waals surface area contributed by atoms with Gasteiger partial charge in [-0.15, -0.1) is 11.3 Å². The molecule has 0 aliphatic carbocycles. The quantitative estimate of drug-likeness (QED) is 0.759. The summed E-state index contributed by atoms with van der Waals surface area (Å²) in [5.74, 6) is -0.762. The highest BCUT2D eigenvalue weighted by Gasteiger charge is 2.15. The minimum atomic E-state index is -0.899. The van der Waals surface area contributed by atoms with Crippen molar-refractivity contribution in [2.24, 2.45) is 0 Å². The highest BCUT2D eigenvalue weighted by molar-refractivity contribution is 7.13. The summed E-state index contributed by atoms with van der Waals surface area (Å²) in [6.45, 7) is 3.76. The zero-order chi connectivity index (χ0) is 14.4. The molecule has 0 radical (unpaired) electrons. The minimum Gasteiger partial charge on any atom is -0.477 e. The van der Waals surface area contributed by atoms with E-state index >= 15 is 0 Å². The Bertz CT molecular complexity index is 469. The minimum absolute atomic E-state index is 0.137. The summed E-state index contributed by atoms with van der Waals surface area (Å²) in [7, 11) is 0. The van der Waals surface area contributed by atoms with Crippen LogP contribution in [0.4, 0.5) is 0 Å². The van der Waals surface area contributed by atoms with E-state index in [9.17, 15) is 9.59 Å². The molecule has 1 fully saturated rings. The standard InChI is InChI=1S/C13H18N2O4S/c16-12(15-5-7-19-8-6-15)3-4-14-9-10-1-2-11(20-10)13(17)18/h1-2,14H,3-9H2,(H,17,18). The van der Waals surface area contributed by atoms with Gasteiger partial charge in [0.15, 0.2) is 0 Å². The van der Waals surface area contributed by atoms with Crippen molar-refractivity contribution in [2.45, 2.75) is 13.0 Å². The van der Waals surface area contributed by atoms with Crippen LogP contribution in [0, 0.1) is 0 Å². The number of carbonyl (C=O) groups is 2. The molecular formula is C13H18N2O4S. The van der Waals surface area contributed by atoms with Crippen molar-refractivity contribution >= 4 is 23.2 Å². The first-order valence-electron chi connectivity index (χ1n) is 6.55. The monoisotopic (exact) mass is 298 g/mol. The fourth-order valence-electron chi connectivity index (χ4n) is 1.97. The summed E-state index contributed by atoms with van der Waals surface area (Å²) >= 11 is 1.25. The van der Waals surface area contributed by atoms with Crippen molar-refractivity contribution < 1.29 is 19.4 Å². The van der Waals surface area contributed by atoms with Crippen LogP contribution in [0.3, 0.4) is 0 Å². The van der Waals surface area contributed by atoms with Crippen molar-refractivity contribution in [3.63, 3.8) is 0 Å². The average Bonchev–Trinajstić information content (AvgIpc) is 2.93. The molecule has 2 N–H and O–H groups in total. The number of thiophene rings is 1. The van der Waals surface area contributed by atoms with Gasteiger partial charge in [-0.1, -0.05) is 0 Å². The lowest BCUT2D eigenvalue weighted by molar-refractivity contribution is -0.135. The third-order valence-corrected chi connectivity index (χ3v) is 4.12. The van der Waals surface area contributed by atoms with Gasteiger partial charge in [-0.3, -0.25) is 4.79 Å². The lowest BCUT2D eigenvalue weighted by Crippen LogP contribution is -2.41. The molecule has 0 saturated carbocycles. The van der Waals surface area contributed by atoms with E-state index in [0.29, 0.717) is 50.7 Å². The number of ether oxygens (including phenoxy) is 1. The van der Waals surface area contributed by atoms with Crippen LogP contribution in [0.25, 0.3) is 0 Å². The van der Waals surface area contributed by atoms with Crippen molar-refractivity contribution in [1.29, 1.82) is 0 Å². The third kappa shape index (κ3) is 4.29. The van der Waals surface area contributed by atoms with Crippen LogP contribution < -0.4 is 5.32 Å². The highest BCUT2D eigenvalue weighted by Crippen LogP contribution is 2.15. The molecule has 0 atom stereocenters. The Labute approximate surface area is 121 Å². The summed E-state index contributed by atoms with van der Waals surface area (Å²) < 4.78 is 5.20. The van der Waals surface area contributed by atoms with Crippen molar-refractivity contribution in [3.05, 3.63) is 21.9 Å². The van der Waals surface area contributed by atoms with E-state index in [0.717, 1.165) is 4.88 Å². The summed E-state index contributed by atoms with van der Waals surface area (Å²) in [5.41, 5.74) is 0. The van der Waals surface area contributed by atoms with Gasteiger partial charge in [0.2, 0.25) is 5.91 Å². The predicted octanol–water partition coefficient (Wildman–Crippen LogP) is 0.785. The molecule has 110 valence electrons. The van der Waals surface area contributed by atoms with Crippen LogP contribution in [-0.2, 0) is 16.1 Å². The summed E-state index contributed by atoms with van der Waals surface area (Å²) in [6.07, 6.45) is 0.456. The van der Waals surface area contributed by atoms with Gasteiger partial charge in [-0.25, -0.2) is 4.79 Å². The van der Waals surface area contributed by atoms with Crippen LogP contribution in [0.2, 0.25) is 0 Å². The second kappa shape index (κ2) is 7.37. The number of rotatable bonds is 6. The second-order valence-electron chi connectivity index (χ2n) is 4.49. The lowest BCUT2D eigenvalue weighted by Gasteiger charge is -2.26. The molecule has 0 spiro atoms. The smallest absolute Gasteiger partial charge is 0.345 e. The van der Waals surface area contributed by atoms with Gasteiger partial charge in [-0.05, 0) is 12.1 Å². The molecule has 2 rings (SSSR count). The van der Waals surface area contributed by atoms with E-state index in [4.69, 9.17) is 9.84 Å². The number of aromatic carboxylic acids is 1. The summed E-state index contributed by atoms with van der Waals surface area (Å²) in [5, 5.41) is 12.0. The molecule has 1 saturated heterocycles. The lowest BCUT2D eigenvalue weighted by atomic mass is 10.3. The Morgan fingerprint density at radius 3 is 2.75 bits per heavy atom. The van der Waals surface area contributed by atoms with Crippen LogP contribution in [0.1, 0.15) is 21.0 Å². The molecule has 2 heterocycles. The molecule has 1 aromatic rings. The fraction of sp³-hybridized carbons (Fsp3) is 0.538. The van der Waals surface area contributed by atoms with E-state index in [2.05, 4.69) is 5.32 Å². The van der Waals surface area contributed by atoms with Crippen molar-refractivity contribution in [3.8, 4) is 0 Å². The Kier molecular flexibility index (Phi) is 5.51. The van der Waals surface area contributed by atoms with E-state index in [-0.39, 0.29) is 5.91 Å². The second-order valence-corrected chi connectivity index (χ2v) is 5.66. The van der Waals surface area contributed by atoms with Gasteiger partial charge in [0.05, 0.1) is 13.2 Å². The van der Waals surface area contributed by atoms with E-state index < -0.39 is 5.97 Å². The molecule has 6 nitrogen and oxygen atoms in total. The Balaban J connectivity index is 1.65. The number of carboxylic acids is 1. The van der Waals surface area contributed by atoms with Crippen LogP contribution >= 0.6 is 11.3 Å². The number of amides is 1. The molecule has 1 aliphatic rings. The summed E-state index contributed by atoms with van der Waals surface area (Å²) in [6, 6.07) is 3.40. The number of hydrogen-bond donors (Lipinski definition) is 2. The van der Waals surface area contributed by atoms with Gasteiger partial charge in [0.1, 0.15) is 4.88 Å². The first-order chi connectivity index (χ1) is 9.66. The predicted molar refractivity (Wildman–Crippen MR) is 75.0 cm³/mol. The topological polar surface area (TPSA) is 78.9 Å². The van der Waals surface area contributed by atoms with Gasteiger partial charge in [0.25, 0.3) is 0 Å². The maximum absolute atomic E-state index is 11.9. The maximum atomic E-state index is 11.9. The first-order valence-corrected chi connectivity index (χ1v) is 7.36. The molecule has 1 aliphatic heterocycles. The molecule has 20 heavy (non-hydrogen) atoms. The number of morpholine rings is 1. The first kappa shape index (κ1) is 15.0. The maximum Gasteiger partial charge on any atom is 0.345 e. The number of carbonyl (C=O) groups excluding carboxylic acids is 1. The number of hydrogen-bond acceptors (Lipinski definition) is 5. The number of carboxylic acid groups (broad SMARTS) is 1. The number of nitrogens with one attached hydrogen (secondary N) is 1. The average molecular weight is 298 g/mol. The Morgan fingerprint density at radius 2 is 2.10 bits per heavy atom. The highest BCUT2D eigenvalue weighted by atomic mass is 32.1. The zero-order valence-corrected chi connectivity index (χ0v) is 11.9. The van der Waals surface area contributed by atoms with Gasteiger partial charge >= 0.3 is 5.97 Å². The molecule has 7 heteroatoms. The Hall–Kier alpha value is -1.44. The van der Waals surface area contributed by atoms with Gasteiger partial charge in [0, 0.05) is 37.5 Å². The molecule has 0 aromatic carbocycles. The van der Waals surface area contributed by atoms with Crippen LogP contribution in [0.15, 0.2) is 12.1 Å². The normalized spacial score (nSPS) is 15.3. The molecule has 0 bridgehead atoms. The SMILES string of the molecule is O=C(O)c1ccc(CNCCC(=O)N2CCOCC2)s1. The van der Waals surface area contributed by atoms with E-state index in [1.54, 1.807) is 12.1 Å². The van der Waals surface area contributed by atoms with Crippen LogP contribution in [0.5, 0.6) is 0 Å². The van der Waals surface area contributed by atoms with Gasteiger partial charge in [-0.2, -0.15) is 0 Å². The fourth-order valence-corrected chi connectivity index (χ4v) is 2.78. The molecular weight excluding hydrogens is 280 g/mol. The molecule has 1 amide bonds. The molecule has 1 aromatic heterocycles. The number of nitrogens with zero attached hydrogens (tertiary/aromatic N) is 1. The zero-order valence-electron chi connectivity index (χ0n) is 11.1. The largest absolute Gasteiger partial charge is 0.477 e. The van der Waals surface area contributed by atoms with Crippen molar-refractivity contribution in [2.75, 3.05) is 32.8 Å². The summed E-state index contributed by atoms with van der Waals surface area (Å²) in [4.78, 5) is 25.7. The molecule has 0 unspecified atom stereocenters. The van der Waals surface area contributed by atoms with Crippen molar-refractivity contribution in [1.82, 2.24) is 10.2 Å².